The molecule has 1 aliphatic rings. The van der Waals surface area contributed by atoms with Crippen molar-refractivity contribution in [1.82, 2.24) is 9.78 Å². The van der Waals surface area contributed by atoms with Gasteiger partial charge < -0.3 is 10.5 Å². The summed E-state index contributed by atoms with van der Waals surface area (Å²) in [7, 11) is 0. The minimum atomic E-state index is -4.39. The lowest BCUT2D eigenvalue weighted by molar-refractivity contribution is -0.138. The molecule has 21 heavy (non-hydrogen) atoms. The second-order valence-corrected chi connectivity index (χ2v) is 5.02. The molecule has 1 aromatic carbocycles. The summed E-state index contributed by atoms with van der Waals surface area (Å²) in [6.45, 7) is 2.29. The maximum Gasteiger partial charge on any atom is 0.416 e. The van der Waals surface area contributed by atoms with E-state index >= 15 is 0 Å². The van der Waals surface area contributed by atoms with E-state index in [2.05, 4.69) is 5.10 Å². The molecule has 0 atom stereocenters. The number of aryl methyl sites for hydroxylation is 1. The number of anilines is 1. The van der Waals surface area contributed by atoms with E-state index in [1.165, 1.54) is 17.7 Å². The maximum absolute atomic E-state index is 13.0. The molecular formula is C14H14F3N3O. The number of ether oxygens (including phenoxy) is 1. The molecule has 0 bridgehead atoms. The van der Waals surface area contributed by atoms with Gasteiger partial charge in [0.25, 0.3) is 0 Å². The minimum Gasteiger partial charge on any atom is -0.382 e. The van der Waals surface area contributed by atoms with Crippen molar-refractivity contribution in [3.8, 4) is 5.69 Å². The van der Waals surface area contributed by atoms with Crippen molar-refractivity contribution >= 4 is 5.82 Å². The minimum absolute atomic E-state index is 0.184. The van der Waals surface area contributed by atoms with Gasteiger partial charge in [0.1, 0.15) is 0 Å². The summed E-state index contributed by atoms with van der Waals surface area (Å²) in [6.07, 6.45) is -3.81. The third kappa shape index (κ3) is 2.37. The summed E-state index contributed by atoms with van der Waals surface area (Å²) in [5, 5.41) is 4.16. The van der Waals surface area contributed by atoms with Crippen molar-refractivity contribution in [3.05, 3.63) is 40.6 Å². The number of hydrogen-bond donors (Lipinski definition) is 1. The summed E-state index contributed by atoms with van der Waals surface area (Å²) in [4.78, 5) is 0. The van der Waals surface area contributed by atoms with Crippen molar-refractivity contribution in [2.24, 2.45) is 0 Å². The van der Waals surface area contributed by atoms with Gasteiger partial charge in [-0.15, -0.1) is 0 Å². The Balaban J connectivity index is 2.14. The quantitative estimate of drug-likeness (QED) is 0.880. The highest BCUT2D eigenvalue weighted by Crippen LogP contribution is 2.34. The largest absolute Gasteiger partial charge is 0.416 e. The lowest BCUT2D eigenvalue weighted by Gasteiger charge is -2.16. The average Bonchev–Trinajstić information content (AvgIpc) is 2.76. The molecule has 2 N–H and O–H groups in total. The zero-order valence-corrected chi connectivity index (χ0v) is 11.4. The lowest BCUT2D eigenvalue weighted by atomic mass is 10.1. The maximum atomic E-state index is 13.0. The van der Waals surface area contributed by atoms with Crippen LogP contribution < -0.4 is 5.73 Å². The molecule has 0 aliphatic carbocycles. The first-order valence-electron chi connectivity index (χ1n) is 6.50. The monoisotopic (exact) mass is 297 g/mol. The second kappa shape index (κ2) is 4.77. The summed E-state index contributed by atoms with van der Waals surface area (Å²) in [5.41, 5.74) is 7.28. The first kappa shape index (κ1) is 13.9. The molecule has 2 aromatic rings. The van der Waals surface area contributed by atoms with Crippen molar-refractivity contribution in [3.63, 3.8) is 0 Å². The summed E-state index contributed by atoms with van der Waals surface area (Å²) in [6, 6.07) is 4.17. The van der Waals surface area contributed by atoms with E-state index in [-0.39, 0.29) is 5.56 Å². The fourth-order valence-corrected chi connectivity index (χ4v) is 2.52. The number of benzene rings is 1. The number of nitrogen functional groups attached to an aromatic ring is 1. The van der Waals surface area contributed by atoms with E-state index < -0.39 is 11.7 Å². The first-order chi connectivity index (χ1) is 9.88. The predicted molar refractivity (Wildman–Crippen MR) is 71.1 cm³/mol. The van der Waals surface area contributed by atoms with Crippen LogP contribution in [-0.4, -0.2) is 16.4 Å². The Bertz CT molecular complexity index is 692. The molecule has 2 heterocycles. The highest BCUT2D eigenvalue weighted by atomic mass is 19.4. The van der Waals surface area contributed by atoms with Gasteiger partial charge in [-0.2, -0.15) is 18.3 Å². The standard InChI is InChI=1S/C14H14F3N3O/c1-8-2-3-9(6-11(8)14(15,16)17)20-12-4-5-21-7-10(12)13(18)19-20/h2-3,6H,4-5,7H2,1H3,(H2,18,19). The fourth-order valence-electron chi connectivity index (χ4n) is 2.52. The van der Waals surface area contributed by atoms with Crippen LogP contribution in [0.5, 0.6) is 0 Å². The van der Waals surface area contributed by atoms with Crippen LogP contribution in [0.15, 0.2) is 18.2 Å². The van der Waals surface area contributed by atoms with E-state index in [4.69, 9.17) is 10.5 Å². The summed E-state index contributed by atoms with van der Waals surface area (Å²) >= 11 is 0. The Kier molecular flexibility index (Phi) is 3.16. The Labute approximate surface area is 119 Å². The molecule has 1 aromatic heterocycles. The summed E-state index contributed by atoms with van der Waals surface area (Å²) in [5.74, 6) is 0.304. The van der Waals surface area contributed by atoms with E-state index in [0.29, 0.717) is 31.1 Å². The van der Waals surface area contributed by atoms with E-state index in [1.807, 2.05) is 0 Å². The molecule has 0 saturated carbocycles. The molecule has 0 amide bonds. The Hall–Kier alpha value is -2.02. The molecule has 4 nitrogen and oxygen atoms in total. The molecule has 0 fully saturated rings. The van der Waals surface area contributed by atoms with Gasteiger partial charge in [-0.3, -0.25) is 0 Å². The van der Waals surface area contributed by atoms with E-state index in [0.717, 1.165) is 17.3 Å². The van der Waals surface area contributed by atoms with Crippen LogP contribution in [0.2, 0.25) is 0 Å². The number of nitrogens with zero attached hydrogens (tertiary/aromatic N) is 2. The molecule has 7 heteroatoms. The van der Waals surface area contributed by atoms with Crippen LogP contribution in [0.25, 0.3) is 5.69 Å². The molecule has 3 rings (SSSR count). The zero-order valence-electron chi connectivity index (χ0n) is 11.4. The third-order valence-corrected chi connectivity index (χ3v) is 3.62. The van der Waals surface area contributed by atoms with Gasteiger partial charge in [0.15, 0.2) is 5.82 Å². The van der Waals surface area contributed by atoms with Gasteiger partial charge in [-0.1, -0.05) is 6.07 Å². The van der Waals surface area contributed by atoms with Crippen LogP contribution in [0.3, 0.4) is 0 Å². The summed E-state index contributed by atoms with van der Waals surface area (Å²) < 4.78 is 45.8. The van der Waals surface area contributed by atoms with Crippen LogP contribution >= 0.6 is 0 Å². The number of nitrogens with two attached hydrogens (primary N) is 1. The smallest absolute Gasteiger partial charge is 0.382 e. The van der Waals surface area contributed by atoms with Gasteiger partial charge in [0, 0.05) is 12.0 Å². The highest BCUT2D eigenvalue weighted by molar-refractivity contribution is 5.49. The molecule has 0 saturated heterocycles. The van der Waals surface area contributed by atoms with Gasteiger partial charge in [-0.25, -0.2) is 4.68 Å². The Morgan fingerprint density at radius 3 is 2.81 bits per heavy atom. The number of fused-ring (bicyclic) bond motifs is 1. The molecule has 0 unspecified atom stereocenters. The number of aromatic nitrogens is 2. The van der Waals surface area contributed by atoms with Crippen LogP contribution in [0, 0.1) is 6.92 Å². The van der Waals surface area contributed by atoms with Crippen LogP contribution in [-0.2, 0) is 23.9 Å². The fraction of sp³-hybridized carbons (Fsp3) is 0.357. The molecule has 112 valence electrons. The van der Waals surface area contributed by atoms with E-state index in [9.17, 15) is 13.2 Å². The number of halogens is 3. The third-order valence-electron chi connectivity index (χ3n) is 3.62. The van der Waals surface area contributed by atoms with Gasteiger partial charge >= 0.3 is 6.18 Å². The number of rotatable bonds is 1. The van der Waals surface area contributed by atoms with Crippen LogP contribution in [0.1, 0.15) is 22.4 Å². The highest BCUT2D eigenvalue weighted by Gasteiger charge is 2.33. The SMILES string of the molecule is Cc1ccc(-n2nc(N)c3c2CCOC3)cc1C(F)(F)F. The van der Waals surface area contributed by atoms with Crippen molar-refractivity contribution in [1.29, 1.82) is 0 Å². The molecule has 0 radical (unpaired) electrons. The van der Waals surface area contributed by atoms with Crippen molar-refractivity contribution in [2.75, 3.05) is 12.3 Å². The Morgan fingerprint density at radius 2 is 2.10 bits per heavy atom. The zero-order chi connectivity index (χ0) is 15.2. The molecule has 1 aliphatic heterocycles. The van der Waals surface area contributed by atoms with Crippen LogP contribution in [0.4, 0.5) is 19.0 Å². The van der Waals surface area contributed by atoms with Gasteiger partial charge in [0.2, 0.25) is 0 Å². The van der Waals surface area contributed by atoms with E-state index in [1.54, 1.807) is 6.07 Å². The number of alkyl halides is 3. The average molecular weight is 297 g/mol. The second-order valence-electron chi connectivity index (χ2n) is 5.02. The topological polar surface area (TPSA) is 53.1 Å². The van der Waals surface area contributed by atoms with Gasteiger partial charge in [-0.05, 0) is 24.6 Å². The molecular weight excluding hydrogens is 283 g/mol. The van der Waals surface area contributed by atoms with Crippen molar-refractivity contribution < 1.29 is 17.9 Å². The molecule has 0 spiro atoms. The normalized spacial score (nSPS) is 15.0. The lowest BCUT2D eigenvalue weighted by Crippen LogP contribution is -2.14. The van der Waals surface area contributed by atoms with Gasteiger partial charge in [0.05, 0.1) is 30.2 Å². The number of hydrogen-bond acceptors (Lipinski definition) is 3. The van der Waals surface area contributed by atoms with Crippen molar-refractivity contribution in [2.45, 2.75) is 26.1 Å². The Morgan fingerprint density at radius 1 is 1.33 bits per heavy atom. The first-order valence-corrected chi connectivity index (χ1v) is 6.50. The predicted octanol–water partition coefficient (Wildman–Crippen LogP) is 2.85.